The first-order chi connectivity index (χ1) is 13.9. The molecule has 1 heterocycles. The van der Waals surface area contributed by atoms with E-state index in [9.17, 15) is 25.0 Å². The molecule has 3 aromatic rings. The number of nitro benzene ring substituents is 2. The van der Waals surface area contributed by atoms with Gasteiger partial charge >= 0.3 is 0 Å². The molecule has 0 radical (unpaired) electrons. The van der Waals surface area contributed by atoms with Crippen LogP contribution in [0.25, 0.3) is 11.3 Å². The molecule has 2 aromatic carbocycles. The summed E-state index contributed by atoms with van der Waals surface area (Å²) in [4.78, 5) is 32.7. The van der Waals surface area contributed by atoms with Gasteiger partial charge in [-0.1, -0.05) is 12.1 Å². The molecule has 11 nitrogen and oxygen atoms in total. The van der Waals surface area contributed by atoms with Crippen LogP contribution in [0.4, 0.5) is 17.1 Å². The molecule has 11 heteroatoms. The smallest absolute Gasteiger partial charge is 0.277 e. The topological polar surface area (TPSA) is 150 Å². The van der Waals surface area contributed by atoms with Gasteiger partial charge in [0.05, 0.1) is 34.3 Å². The normalized spacial score (nSPS) is 10.2. The number of nitrogens with one attached hydrogen (secondary N) is 1. The zero-order chi connectivity index (χ0) is 21.0. The highest BCUT2D eigenvalue weighted by Gasteiger charge is 2.20. The summed E-state index contributed by atoms with van der Waals surface area (Å²) >= 11 is 0. The molecule has 1 amide bonds. The van der Waals surface area contributed by atoms with Crippen LogP contribution in [-0.2, 0) is 0 Å². The van der Waals surface area contributed by atoms with Crippen molar-refractivity contribution in [3.05, 3.63) is 80.4 Å². The third kappa shape index (κ3) is 4.47. The summed E-state index contributed by atoms with van der Waals surface area (Å²) < 4.78 is 4.95. The number of carbonyl (C=O) groups is 1. The fraction of sp³-hybridized carbons (Fsp3) is 0.0556. The predicted octanol–water partition coefficient (Wildman–Crippen LogP) is 3.22. The third-order valence-corrected chi connectivity index (χ3v) is 3.87. The quantitative estimate of drug-likeness (QED) is 0.493. The number of ether oxygens (including phenoxy) is 1. The maximum absolute atomic E-state index is 12.4. The lowest BCUT2D eigenvalue weighted by atomic mass is 10.1. The summed E-state index contributed by atoms with van der Waals surface area (Å²) in [5.41, 5.74) is 0.447. The number of anilines is 1. The van der Waals surface area contributed by atoms with Gasteiger partial charge in [-0.05, 0) is 18.2 Å². The van der Waals surface area contributed by atoms with E-state index in [0.717, 1.165) is 23.8 Å². The van der Waals surface area contributed by atoms with Crippen LogP contribution in [0.3, 0.4) is 0 Å². The number of nitro groups is 2. The molecule has 0 aliphatic carbocycles. The van der Waals surface area contributed by atoms with E-state index in [4.69, 9.17) is 4.74 Å². The molecular formula is C18H13N5O6. The molecule has 0 bridgehead atoms. The summed E-state index contributed by atoms with van der Waals surface area (Å²) in [6, 6.07) is 12.7. The second-order valence-electron chi connectivity index (χ2n) is 5.74. The molecule has 0 aliphatic rings. The Morgan fingerprint density at radius 1 is 0.931 bits per heavy atom. The van der Waals surface area contributed by atoms with Crippen LogP contribution in [-0.4, -0.2) is 33.1 Å². The Morgan fingerprint density at radius 3 is 2.03 bits per heavy atom. The van der Waals surface area contributed by atoms with Crippen molar-refractivity contribution in [2.24, 2.45) is 0 Å². The first-order valence-corrected chi connectivity index (χ1v) is 8.11. The second-order valence-corrected chi connectivity index (χ2v) is 5.74. The van der Waals surface area contributed by atoms with E-state index in [2.05, 4.69) is 15.5 Å². The Hall–Kier alpha value is -4.41. The number of benzene rings is 2. The van der Waals surface area contributed by atoms with Gasteiger partial charge in [-0.2, -0.15) is 0 Å². The summed E-state index contributed by atoms with van der Waals surface area (Å²) in [5, 5.41) is 32.4. The molecule has 3 rings (SSSR count). The van der Waals surface area contributed by atoms with Crippen molar-refractivity contribution < 1.29 is 19.4 Å². The molecule has 1 aromatic heterocycles. The number of rotatable bonds is 6. The van der Waals surface area contributed by atoms with Gasteiger partial charge in [0.25, 0.3) is 17.3 Å². The predicted molar refractivity (Wildman–Crippen MR) is 102 cm³/mol. The van der Waals surface area contributed by atoms with Gasteiger partial charge < -0.3 is 10.1 Å². The van der Waals surface area contributed by atoms with E-state index in [1.54, 1.807) is 36.4 Å². The molecule has 1 N–H and O–H groups in total. The lowest BCUT2D eigenvalue weighted by Crippen LogP contribution is -2.12. The Labute approximate surface area is 163 Å². The van der Waals surface area contributed by atoms with Crippen LogP contribution in [0.2, 0.25) is 0 Å². The van der Waals surface area contributed by atoms with Crippen LogP contribution >= 0.6 is 0 Å². The standard InChI is InChI=1S/C18H13N5O6/c1-29-17-7-6-16(20-21-17)11-2-4-13(5-3-11)19-18(24)12-8-14(22(25)26)10-15(9-12)23(27)28/h2-10H,1H3,(H,19,24). The van der Waals surface area contributed by atoms with Crippen molar-refractivity contribution in [1.29, 1.82) is 0 Å². The van der Waals surface area contributed by atoms with Crippen molar-refractivity contribution in [1.82, 2.24) is 10.2 Å². The highest BCUT2D eigenvalue weighted by atomic mass is 16.6. The van der Waals surface area contributed by atoms with E-state index in [-0.39, 0.29) is 5.56 Å². The number of amides is 1. The third-order valence-electron chi connectivity index (χ3n) is 3.87. The highest BCUT2D eigenvalue weighted by Crippen LogP contribution is 2.24. The minimum Gasteiger partial charge on any atom is -0.480 e. The summed E-state index contributed by atoms with van der Waals surface area (Å²) in [5.74, 6) is -0.336. The molecular weight excluding hydrogens is 382 g/mol. The molecule has 0 saturated carbocycles. The largest absolute Gasteiger partial charge is 0.480 e. The van der Waals surface area contributed by atoms with Gasteiger partial charge in [-0.3, -0.25) is 25.0 Å². The molecule has 0 aliphatic heterocycles. The number of nitrogens with zero attached hydrogens (tertiary/aromatic N) is 4. The number of carbonyl (C=O) groups excluding carboxylic acids is 1. The summed E-state index contributed by atoms with van der Waals surface area (Å²) in [7, 11) is 1.48. The second kappa shape index (κ2) is 8.08. The molecule has 0 unspecified atom stereocenters. The number of non-ortho nitro benzene ring substituents is 2. The van der Waals surface area contributed by atoms with Gasteiger partial charge in [-0.25, -0.2) is 0 Å². The van der Waals surface area contributed by atoms with Crippen LogP contribution in [0.15, 0.2) is 54.6 Å². The van der Waals surface area contributed by atoms with E-state index in [1.807, 2.05) is 0 Å². The van der Waals surface area contributed by atoms with Gasteiger partial charge in [-0.15, -0.1) is 10.2 Å². The Kier molecular flexibility index (Phi) is 5.39. The Balaban J connectivity index is 1.80. The fourth-order valence-corrected chi connectivity index (χ4v) is 2.45. The number of hydrogen-bond donors (Lipinski definition) is 1. The van der Waals surface area contributed by atoms with Crippen molar-refractivity contribution in [2.45, 2.75) is 0 Å². The highest BCUT2D eigenvalue weighted by molar-refractivity contribution is 6.05. The maximum Gasteiger partial charge on any atom is 0.277 e. The number of aromatic nitrogens is 2. The SMILES string of the molecule is COc1ccc(-c2ccc(NC(=O)c3cc([N+](=O)[O-])cc([N+](=O)[O-])c3)cc2)nn1. The van der Waals surface area contributed by atoms with E-state index < -0.39 is 27.1 Å². The van der Waals surface area contributed by atoms with Gasteiger partial charge in [0.2, 0.25) is 5.88 Å². The van der Waals surface area contributed by atoms with E-state index in [1.165, 1.54) is 7.11 Å². The van der Waals surface area contributed by atoms with Crippen LogP contribution < -0.4 is 10.1 Å². The van der Waals surface area contributed by atoms with Gasteiger partial charge in [0, 0.05) is 29.4 Å². The number of hydrogen-bond acceptors (Lipinski definition) is 8. The number of methoxy groups -OCH3 is 1. The molecule has 0 fully saturated rings. The van der Waals surface area contributed by atoms with E-state index in [0.29, 0.717) is 17.3 Å². The zero-order valence-corrected chi connectivity index (χ0v) is 14.9. The average molecular weight is 395 g/mol. The van der Waals surface area contributed by atoms with E-state index >= 15 is 0 Å². The van der Waals surface area contributed by atoms with Crippen LogP contribution in [0, 0.1) is 20.2 Å². The monoisotopic (exact) mass is 395 g/mol. The lowest BCUT2D eigenvalue weighted by Gasteiger charge is -2.07. The Morgan fingerprint density at radius 2 is 1.55 bits per heavy atom. The fourth-order valence-electron chi connectivity index (χ4n) is 2.45. The Bertz CT molecular complexity index is 1050. The molecule has 0 atom stereocenters. The first-order valence-electron chi connectivity index (χ1n) is 8.11. The molecule has 146 valence electrons. The average Bonchev–Trinajstić information content (AvgIpc) is 2.74. The first kappa shape index (κ1) is 19.4. The van der Waals surface area contributed by atoms with Gasteiger partial charge in [0.1, 0.15) is 0 Å². The molecule has 0 spiro atoms. The van der Waals surface area contributed by atoms with Crippen molar-refractivity contribution >= 4 is 23.0 Å². The van der Waals surface area contributed by atoms with Crippen LogP contribution in [0.5, 0.6) is 5.88 Å². The van der Waals surface area contributed by atoms with Gasteiger partial charge in [0.15, 0.2) is 0 Å². The zero-order valence-electron chi connectivity index (χ0n) is 14.9. The lowest BCUT2D eigenvalue weighted by molar-refractivity contribution is -0.394. The minimum atomic E-state index is -0.797. The van der Waals surface area contributed by atoms with Crippen molar-refractivity contribution in [2.75, 3.05) is 12.4 Å². The summed E-state index contributed by atoms with van der Waals surface area (Å²) in [6.07, 6.45) is 0. The van der Waals surface area contributed by atoms with Crippen molar-refractivity contribution in [3.8, 4) is 17.1 Å². The van der Waals surface area contributed by atoms with Crippen molar-refractivity contribution in [3.63, 3.8) is 0 Å². The minimum absolute atomic E-state index is 0.198. The molecule has 0 saturated heterocycles. The summed E-state index contributed by atoms with van der Waals surface area (Å²) in [6.45, 7) is 0. The maximum atomic E-state index is 12.4. The molecule has 29 heavy (non-hydrogen) atoms. The van der Waals surface area contributed by atoms with Crippen LogP contribution in [0.1, 0.15) is 10.4 Å².